The second kappa shape index (κ2) is 6.06. The van der Waals surface area contributed by atoms with E-state index in [0.717, 1.165) is 12.8 Å². The number of esters is 1. The summed E-state index contributed by atoms with van der Waals surface area (Å²) in [6.07, 6.45) is 1.61. The van der Waals surface area contributed by atoms with E-state index in [4.69, 9.17) is 27.9 Å². The maximum atomic E-state index is 11.7. The molecule has 0 aliphatic heterocycles. The average molecular weight is 262 g/mol. The van der Waals surface area contributed by atoms with Crippen LogP contribution in [0.4, 0.5) is 0 Å². The zero-order valence-electron chi connectivity index (χ0n) is 9.17. The Morgan fingerprint density at radius 2 is 2.19 bits per heavy atom. The Hall–Kier alpha value is -0.800. The third-order valence-corrected chi connectivity index (χ3v) is 2.52. The molecule has 0 fully saturated rings. The Kier molecular flexibility index (Phi) is 5.03. The van der Waals surface area contributed by atoms with Gasteiger partial charge in [0.1, 0.15) is 5.15 Å². The van der Waals surface area contributed by atoms with Gasteiger partial charge in [0.05, 0.1) is 11.1 Å². The molecule has 0 saturated heterocycles. The van der Waals surface area contributed by atoms with Crippen LogP contribution >= 0.6 is 23.2 Å². The van der Waals surface area contributed by atoms with Gasteiger partial charge in [-0.15, -0.1) is 0 Å². The number of hydrogen-bond donors (Lipinski definition) is 0. The SMILES string of the molecule is CCCC(C)OC(=O)c1nc(Cl)ccc1Cl. The van der Waals surface area contributed by atoms with E-state index in [1.165, 1.54) is 12.1 Å². The lowest BCUT2D eigenvalue weighted by Gasteiger charge is -2.12. The van der Waals surface area contributed by atoms with Gasteiger partial charge in [-0.25, -0.2) is 9.78 Å². The van der Waals surface area contributed by atoms with Crippen molar-refractivity contribution in [3.8, 4) is 0 Å². The highest BCUT2D eigenvalue weighted by atomic mass is 35.5. The number of carbonyl (C=O) groups excluding carboxylic acids is 1. The summed E-state index contributed by atoms with van der Waals surface area (Å²) in [6, 6.07) is 3.05. The Bertz CT molecular complexity index is 382. The van der Waals surface area contributed by atoms with Crippen LogP contribution in [0.1, 0.15) is 37.2 Å². The Morgan fingerprint density at radius 1 is 1.50 bits per heavy atom. The molecule has 3 nitrogen and oxygen atoms in total. The molecule has 1 unspecified atom stereocenters. The van der Waals surface area contributed by atoms with Gasteiger partial charge in [0.25, 0.3) is 0 Å². The summed E-state index contributed by atoms with van der Waals surface area (Å²) in [5.41, 5.74) is 0.0668. The molecule has 0 amide bonds. The van der Waals surface area contributed by atoms with E-state index in [1.54, 1.807) is 0 Å². The van der Waals surface area contributed by atoms with Crippen molar-refractivity contribution in [1.29, 1.82) is 0 Å². The van der Waals surface area contributed by atoms with Crippen LogP contribution in [0, 0.1) is 0 Å². The molecule has 0 saturated carbocycles. The second-order valence-electron chi connectivity index (χ2n) is 3.47. The normalized spacial score (nSPS) is 12.2. The third-order valence-electron chi connectivity index (χ3n) is 2.01. The third kappa shape index (κ3) is 3.65. The van der Waals surface area contributed by atoms with Gasteiger partial charge in [-0.3, -0.25) is 0 Å². The predicted octanol–water partition coefficient (Wildman–Crippen LogP) is 3.73. The minimum absolute atomic E-state index is 0.0668. The minimum Gasteiger partial charge on any atom is -0.458 e. The zero-order valence-corrected chi connectivity index (χ0v) is 10.7. The van der Waals surface area contributed by atoms with Gasteiger partial charge in [0, 0.05) is 0 Å². The van der Waals surface area contributed by atoms with Gasteiger partial charge >= 0.3 is 5.97 Å². The highest BCUT2D eigenvalue weighted by Gasteiger charge is 2.16. The van der Waals surface area contributed by atoms with Crippen LogP contribution in [0.25, 0.3) is 0 Å². The number of ether oxygens (including phenoxy) is 1. The number of nitrogens with zero attached hydrogens (tertiary/aromatic N) is 1. The first-order valence-corrected chi connectivity index (χ1v) is 5.83. The first kappa shape index (κ1) is 13.3. The van der Waals surface area contributed by atoms with E-state index in [9.17, 15) is 4.79 Å². The number of pyridine rings is 1. The van der Waals surface area contributed by atoms with Crippen molar-refractivity contribution in [3.05, 3.63) is 28.0 Å². The second-order valence-corrected chi connectivity index (χ2v) is 4.26. The van der Waals surface area contributed by atoms with Crippen molar-refractivity contribution in [3.63, 3.8) is 0 Å². The fraction of sp³-hybridized carbons (Fsp3) is 0.455. The standard InChI is InChI=1S/C11H13Cl2NO2/c1-3-4-7(2)16-11(15)10-8(12)5-6-9(13)14-10/h5-7H,3-4H2,1-2H3. The molecule has 1 heterocycles. The summed E-state index contributed by atoms with van der Waals surface area (Å²) >= 11 is 11.5. The first-order valence-electron chi connectivity index (χ1n) is 5.07. The zero-order chi connectivity index (χ0) is 12.1. The number of rotatable bonds is 4. The van der Waals surface area contributed by atoms with Crippen LogP contribution in [0.5, 0.6) is 0 Å². The fourth-order valence-electron chi connectivity index (χ4n) is 1.27. The highest BCUT2D eigenvalue weighted by molar-refractivity contribution is 6.34. The van der Waals surface area contributed by atoms with Gasteiger partial charge in [0.15, 0.2) is 5.69 Å². The van der Waals surface area contributed by atoms with Crippen LogP contribution in [0.3, 0.4) is 0 Å². The summed E-state index contributed by atoms with van der Waals surface area (Å²) in [5.74, 6) is -0.534. The number of halogens is 2. The van der Waals surface area contributed by atoms with Crippen LogP contribution < -0.4 is 0 Å². The molecule has 1 aromatic rings. The molecule has 5 heteroatoms. The highest BCUT2D eigenvalue weighted by Crippen LogP contribution is 2.18. The molecule has 0 N–H and O–H groups in total. The van der Waals surface area contributed by atoms with E-state index in [0.29, 0.717) is 0 Å². The van der Waals surface area contributed by atoms with Gasteiger partial charge in [-0.2, -0.15) is 0 Å². The summed E-state index contributed by atoms with van der Waals surface area (Å²) in [6.45, 7) is 3.86. The van der Waals surface area contributed by atoms with Gasteiger partial charge in [0.2, 0.25) is 0 Å². The fourth-order valence-corrected chi connectivity index (χ4v) is 1.60. The quantitative estimate of drug-likeness (QED) is 0.613. The van der Waals surface area contributed by atoms with Gasteiger partial charge < -0.3 is 4.74 Å². The van der Waals surface area contributed by atoms with Gasteiger partial charge in [-0.1, -0.05) is 36.5 Å². The van der Waals surface area contributed by atoms with Crippen molar-refractivity contribution in [2.75, 3.05) is 0 Å². The van der Waals surface area contributed by atoms with Crippen LogP contribution in [0.2, 0.25) is 10.2 Å². The molecule has 1 atom stereocenters. The summed E-state index contributed by atoms with van der Waals surface area (Å²) in [5, 5.41) is 0.470. The molecule has 16 heavy (non-hydrogen) atoms. The topological polar surface area (TPSA) is 39.2 Å². The Labute approximate surface area is 105 Å². The van der Waals surface area contributed by atoms with Crippen molar-refractivity contribution >= 4 is 29.2 Å². The van der Waals surface area contributed by atoms with Crippen LogP contribution in [-0.4, -0.2) is 17.1 Å². The van der Waals surface area contributed by atoms with Crippen molar-refractivity contribution in [2.24, 2.45) is 0 Å². The molecular weight excluding hydrogens is 249 g/mol. The smallest absolute Gasteiger partial charge is 0.358 e. The maximum absolute atomic E-state index is 11.7. The molecule has 0 radical (unpaired) electrons. The van der Waals surface area contributed by atoms with E-state index in [1.807, 2.05) is 13.8 Å². The maximum Gasteiger partial charge on any atom is 0.358 e. The molecular formula is C11H13Cl2NO2. The number of hydrogen-bond acceptors (Lipinski definition) is 3. The first-order chi connectivity index (χ1) is 7.54. The van der Waals surface area contributed by atoms with Crippen LogP contribution in [0.15, 0.2) is 12.1 Å². The molecule has 1 aromatic heterocycles. The average Bonchev–Trinajstić information content (AvgIpc) is 2.21. The Balaban J connectivity index is 2.76. The predicted molar refractivity (Wildman–Crippen MR) is 64.0 cm³/mol. The van der Waals surface area contributed by atoms with E-state index in [2.05, 4.69) is 4.98 Å². The van der Waals surface area contributed by atoms with Crippen molar-refractivity contribution < 1.29 is 9.53 Å². The molecule has 88 valence electrons. The lowest BCUT2D eigenvalue weighted by Crippen LogP contribution is -2.16. The van der Waals surface area contributed by atoms with E-state index < -0.39 is 5.97 Å². The monoisotopic (exact) mass is 261 g/mol. The van der Waals surface area contributed by atoms with Crippen molar-refractivity contribution in [2.45, 2.75) is 32.8 Å². The number of carbonyl (C=O) groups is 1. The largest absolute Gasteiger partial charge is 0.458 e. The lowest BCUT2D eigenvalue weighted by molar-refractivity contribution is 0.0317. The van der Waals surface area contributed by atoms with E-state index in [-0.39, 0.29) is 22.0 Å². The Morgan fingerprint density at radius 3 is 2.81 bits per heavy atom. The summed E-state index contributed by atoms with van der Waals surface area (Å²) in [7, 11) is 0. The van der Waals surface area contributed by atoms with Crippen LogP contribution in [-0.2, 0) is 4.74 Å². The molecule has 0 aromatic carbocycles. The van der Waals surface area contributed by atoms with Crippen molar-refractivity contribution in [1.82, 2.24) is 4.98 Å². The summed E-state index contributed by atoms with van der Waals surface area (Å²) < 4.78 is 5.17. The molecule has 0 bridgehead atoms. The number of aromatic nitrogens is 1. The molecule has 0 spiro atoms. The molecule has 0 aliphatic carbocycles. The summed E-state index contributed by atoms with van der Waals surface area (Å²) in [4.78, 5) is 15.5. The molecule has 1 rings (SSSR count). The minimum atomic E-state index is -0.534. The van der Waals surface area contributed by atoms with E-state index >= 15 is 0 Å². The van der Waals surface area contributed by atoms with Gasteiger partial charge in [-0.05, 0) is 25.5 Å². The lowest BCUT2D eigenvalue weighted by atomic mass is 10.2. The molecule has 0 aliphatic rings.